The van der Waals surface area contributed by atoms with E-state index in [1.807, 2.05) is 49.0 Å². The number of nitrogens with zero attached hydrogens (tertiary/aromatic N) is 3. The zero-order valence-electron chi connectivity index (χ0n) is 15.6. The van der Waals surface area contributed by atoms with E-state index in [1.54, 1.807) is 12.1 Å². The number of fused-ring (bicyclic) bond motifs is 1. The van der Waals surface area contributed by atoms with Crippen molar-refractivity contribution in [1.29, 1.82) is 0 Å². The van der Waals surface area contributed by atoms with Crippen molar-refractivity contribution in [3.63, 3.8) is 0 Å². The molecule has 0 radical (unpaired) electrons. The number of nitrogens with one attached hydrogen (secondary N) is 1. The minimum absolute atomic E-state index is 0.434. The number of carbonyl (C=O) groups excluding carboxylic acids is 1. The Balaban J connectivity index is 1.95. The van der Waals surface area contributed by atoms with Gasteiger partial charge < -0.3 is 24.7 Å². The molecule has 0 bridgehead atoms. The number of carbonyl (C=O) groups is 1. The summed E-state index contributed by atoms with van der Waals surface area (Å²) in [5, 5.41) is 2.67. The Kier molecular flexibility index (Phi) is 5.46. The fourth-order valence-corrected chi connectivity index (χ4v) is 2.60. The summed E-state index contributed by atoms with van der Waals surface area (Å²) < 4.78 is 12.5. The predicted octanol–water partition coefficient (Wildman–Crippen LogP) is 3.15. The number of benzene rings is 2. The van der Waals surface area contributed by atoms with Crippen LogP contribution in [-0.2, 0) is 11.3 Å². The van der Waals surface area contributed by atoms with Crippen molar-refractivity contribution in [2.75, 3.05) is 38.8 Å². The predicted molar refractivity (Wildman–Crippen MR) is 105 cm³/mol. The lowest BCUT2D eigenvalue weighted by Gasteiger charge is -2.13. The zero-order valence-corrected chi connectivity index (χ0v) is 15.6. The first-order valence-electron chi connectivity index (χ1n) is 8.49. The second-order valence-electron chi connectivity index (χ2n) is 6.33. The molecule has 3 N–H and O–H groups in total. The standard InChI is InChI=1S/C19H23N5O3/c1-23(2)10-11-24-17-12-15(27-14-6-4-13(20)5-7-14)8-9-16(17)21-18(24)22-19(25)26-3/h4-9,12H,10-11,20H2,1-3H3,(H,21,22,25). The van der Waals surface area contributed by atoms with Crippen molar-refractivity contribution in [1.82, 2.24) is 14.5 Å². The number of hydrogen-bond acceptors (Lipinski definition) is 6. The lowest BCUT2D eigenvalue weighted by molar-refractivity contribution is 0.186. The van der Waals surface area contributed by atoms with Crippen LogP contribution in [-0.4, -0.2) is 48.3 Å². The molecule has 27 heavy (non-hydrogen) atoms. The first-order chi connectivity index (χ1) is 13.0. The fourth-order valence-electron chi connectivity index (χ4n) is 2.60. The van der Waals surface area contributed by atoms with Gasteiger partial charge in [0.1, 0.15) is 11.5 Å². The van der Waals surface area contributed by atoms with Crippen LogP contribution in [0.4, 0.5) is 16.4 Å². The minimum atomic E-state index is -0.560. The van der Waals surface area contributed by atoms with Gasteiger partial charge in [0, 0.05) is 24.8 Å². The van der Waals surface area contributed by atoms with Crippen LogP contribution in [0.25, 0.3) is 11.0 Å². The topological polar surface area (TPSA) is 94.6 Å². The summed E-state index contributed by atoms with van der Waals surface area (Å²) in [7, 11) is 5.30. The lowest BCUT2D eigenvalue weighted by Crippen LogP contribution is -2.21. The second-order valence-corrected chi connectivity index (χ2v) is 6.33. The molecule has 0 unspecified atom stereocenters. The molecule has 142 valence electrons. The average Bonchev–Trinajstić information content (AvgIpc) is 2.98. The van der Waals surface area contributed by atoms with Gasteiger partial charge in [-0.3, -0.25) is 5.32 Å². The number of anilines is 2. The highest BCUT2D eigenvalue weighted by Gasteiger charge is 2.15. The molecular formula is C19H23N5O3. The molecule has 0 spiro atoms. The molecule has 0 aliphatic heterocycles. The Morgan fingerprint density at radius 1 is 1.19 bits per heavy atom. The second kappa shape index (κ2) is 7.96. The minimum Gasteiger partial charge on any atom is -0.457 e. The summed E-state index contributed by atoms with van der Waals surface area (Å²) in [5.41, 5.74) is 8.00. The summed E-state index contributed by atoms with van der Waals surface area (Å²) in [6.45, 7) is 1.43. The monoisotopic (exact) mass is 369 g/mol. The zero-order chi connectivity index (χ0) is 19.4. The van der Waals surface area contributed by atoms with Crippen molar-refractivity contribution >= 4 is 28.8 Å². The van der Waals surface area contributed by atoms with Gasteiger partial charge in [-0.05, 0) is 50.5 Å². The maximum atomic E-state index is 11.7. The largest absolute Gasteiger partial charge is 0.457 e. The SMILES string of the molecule is COC(=O)Nc1nc2ccc(Oc3ccc(N)cc3)cc2n1CCN(C)C. The first kappa shape index (κ1) is 18.5. The van der Waals surface area contributed by atoms with Crippen molar-refractivity contribution < 1.29 is 14.3 Å². The molecule has 0 saturated carbocycles. The van der Waals surface area contributed by atoms with Crippen molar-refractivity contribution in [2.45, 2.75) is 6.54 Å². The number of aromatic nitrogens is 2. The van der Waals surface area contributed by atoms with Gasteiger partial charge >= 0.3 is 6.09 Å². The number of likely N-dealkylation sites (N-methyl/N-ethyl adjacent to an activating group) is 1. The molecule has 0 aliphatic rings. The van der Waals surface area contributed by atoms with Crippen molar-refractivity contribution in [3.05, 3.63) is 42.5 Å². The summed E-state index contributed by atoms with van der Waals surface area (Å²) in [6, 6.07) is 12.8. The van der Waals surface area contributed by atoms with E-state index in [0.29, 0.717) is 29.7 Å². The maximum Gasteiger partial charge on any atom is 0.413 e. The van der Waals surface area contributed by atoms with Gasteiger partial charge in [0.2, 0.25) is 5.95 Å². The van der Waals surface area contributed by atoms with E-state index in [9.17, 15) is 4.79 Å². The molecule has 2 aromatic carbocycles. The van der Waals surface area contributed by atoms with Gasteiger partial charge in [0.05, 0.1) is 18.1 Å². The van der Waals surface area contributed by atoms with Gasteiger partial charge in [-0.25, -0.2) is 9.78 Å². The van der Waals surface area contributed by atoms with Crippen LogP contribution in [0.15, 0.2) is 42.5 Å². The number of nitrogens with two attached hydrogens (primary N) is 1. The van der Waals surface area contributed by atoms with E-state index in [0.717, 1.165) is 17.6 Å². The Morgan fingerprint density at radius 2 is 1.89 bits per heavy atom. The van der Waals surface area contributed by atoms with Crippen LogP contribution in [0, 0.1) is 0 Å². The third kappa shape index (κ3) is 4.48. The van der Waals surface area contributed by atoms with Crippen LogP contribution in [0.5, 0.6) is 11.5 Å². The fraction of sp³-hybridized carbons (Fsp3) is 0.263. The summed E-state index contributed by atoms with van der Waals surface area (Å²) >= 11 is 0. The van der Waals surface area contributed by atoms with Crippen molar-refractivity contribution in [2.24, 2.45) is 0 Å². The smallest absolute Gasteiger partial charge is 0.413 e. The summed E-state index contributed by atoms with van der Waals surface area (Å²) in [6.07, 6.45) is -0.560. The highest BCUT2D eigenvalue weighted by Crippen LogP contribution is 2.28. The number of nitrogen functional groups attached to an aromatic ring is 1. The molecule has 3 rings (SSSR count). The number of hydrogen-bond donors (Lipinski definition) is 2. The Hall–Kier alpha value is -3.26. The Bertz CT molecular complexity index is 934. The Labute approximate surface area is 157 Å². The number of amides is 1. The molecule has 1 aromatic heterocycles. The molecule has 0 saturated heterocycles. The lowest BCUT2D eigenvalue weighted by atomic mass is 10.3. The van der Waals surface area contributed by atoms with Gasteiger partial charge in [-0.2, -0.15) is 0 Å². The first-order valence-corrected chi connectivity index (χ1v) is 8.49. The molecule has 3 aromatic rings. The summed E-state index contributed by atoms with van der Waals surface area (Å²) in [4.78, 5) is 18.2. The third-order valence-electron chi connectivity index (χ3n) is 4.01. The van der Waals surface area contributed by atoms with Crippen LogP contribution >= 0.6 is 0 Å². The van der Waals surface area contributed by atoms with Crippen LogP contribution in [0.2, 0.25) is 0 Å². The van der Waals surface area contributed by atoms with Gasteiger partial charge in [-0.15, -0.1) is 0 Å². The van der Waals surface area contributed by atoms with E-state index in [4.69, 9.17) is 15.2 Å². The molecule has 0 aliphatic carbocycles. The molecule has 0 atom stereocenters. The molecule has 8 nitrogen and oxygen atoms in total. The van der Waals surface area contributed by atoms with Crippen molar-refractivity contribution in [3.8, 4) is 11.5 Å². The Morgan fingerprint density at radius 3 is 2.56 bits per heavy atom. The van der Waals surface area contributed by atoms with Gasteiger partial charge in [0.15, 0.2) is 0 Å². The maximum absolute atomic E-state index is 11.7. The van der Waals surface area contributed by atoms with E-state index < -0.39 is 6.09 Å². The normalized spacial score (nSPS) is 11.0. The van der Waals surface area contributed by atoms with E-state index >= 15 is 0 Å². The van der Waals surface area contributed by atoms with Crippen LogP contribution < -0.4 is 15.8 Å². The number of methoxy groups -OCH3 is 1. The number of imidazole rings is 1. The average molecular weight is 369 g/mol. The van der Waals surface area contributed by atoms with Gasteiger partial charge in [-0.1, -0.05) is 0 Å². The molecular weight excluding hydrogens is 346 g/mol. The molecule has 8 heteroatoms. The molecule has 1 heterocycles. The molecule has 1 amide bonds. The summed E-state index contributed by atoms with van der Waals surface area (Å²) in [5.74, 6) is 1.79. The third-order valence-corrected chi connectivity index (χ3v) is 4.01. The van der Waals surface area contributed by atoms with E-state index in [2.05, 4.69) is 15.2 Å². The van der Waals surface area contributed by atoms with Crippen LogP contribution in [0.3, 0.4) is 0 Å². The van der Waals surface area contributed by atoms with Crippen LogP contribution in [0.1, 0.15) is 0 Å². The van der Waals surface area contributed by atoms with Gasteiger partial charge in [0.25, 0.3) is 0 Å². The highest BCUT2D eigenvalue weighted by atomic mass is 16.5. The number of rotatable bonds is 6. The van der Waals surface area contributed by atoms with E-state index in [1.165, 1.54) is 7.11 Å². The quantitative estimate of drug-likeness (QED) is 0.648. The van der Waals surface area contributed by atoms with E-state index in [-0.39, 0.29) is 0 Å². The number of ether oxygens (including phenoxy) is 2. The highest BCUT2D eigenvalue weighted by molar-refractivity contribution is 5.87. The molecule has 0 fully saturated rings.